The maximum atomic E-state index is 12.4. The number of aryl methyl sites for hydroxylation is 1. The highest BCUT2D eigenvalue weighted by Gasteiger charge is 2.19. The van der Waals surface area contributed by atoms with E-state index in [-0.39, 0.29) is 23.3 Å². The van der Waals surface area contributed by atoms with Crippen molar-refractivity contribution in [2.45, 2.75) is 32.0 Å². The molecular weight excluding hydrogens is 414 g/mol. The second-order valence-corrected chi connectivity index (χ2v) is 8.05. The van der Waals surface area contributed by atoms with Gasteiger partial charge in [0.05, 0.1) is 17.0 Å². The van der Waals surface area contributed by atoms with Crippen LogP contribution in [-0.2, 0) is 11.8 Å². The van der Waals surface area contributed by atoms with E-state index in [0.717, 1.165) is 16.9 Å². The number of carbonyl (C=O) groups is 2. The minimum Gasteiger partial charge on any atom is -0.482 e. The van der Waals surface area contributed by atoms with Crippen LogP contribution in [0.2, 0.25) is 0 Å². The minimum atomic E-state index is -0.598. The Morgan fingerprint density at radius 3 is 2.65 bits per heavy atom. The largest absolute Gasteiger partial charge is 0.482 e. The number of amides is 2. The quantitative estimate of drug-likeness (QED) is 0.520. The highest BCUT2D eigenvalue weighted by Crippen LogP contribution is 2.27. The van der Waals surface area contributed by atoms with Crippen LogP contribution < -0.4 is 15.8 Å². The van der Waals surface area contributed by atoms with Gasteiger partial charge in [-0.2, -0.15) is 0 Å². The molecule has 162 valence electrons. The smallest absolute Gasteiger partial charge is 0.250 e. The van der Waals surface area contributed by atoms with E-state index in [1.165, 1.54) is 11.8 Å². The van der Waals surface area contributed by atoms with Gasteiger partial charge in [-0.25, -0.2) is 0 Å². The summed E-state index contributed by atoms with van der Waals surface area (Å²) in [4.78, 5) is 23.9. The lowest BCUT2D eigenvalue weighted by atomic mass is 10.1. The summed E-state index contributed by atoms with van der Waals surface area (Å²) in [6.45, 7) is 5.97. The van der Waals surface area contributed by atoms with Crippen LogP contribution in [0.1, 0.15) is 40.3 Å². The van der Waals surface area contributed by atoms with Crippen LogP contribution in [0, 0.1) is 13.8 Å². The number of ether oxygens (including phenoxy) is 1. The molecule has 0 aliphatic heterocycles. The maximum absolute atomic E-state index is 12.4. The second-order valence-electron chi connectivity index (χ2n) is 7.10. The van der Waals surface area contributed by atoms with Gasteiger partial charge in [0.2, 0.25) is 5.91 Å². The van der Waals surface area contributed by atoms with Gasteiger partial charge in [0, 0.05) is 7.05 Å². The van der Waals surface area contributed by atoms with Crippen LogP contribution in [0.3, 0.4) is 0 Å². The number of rotatable bonds is 8. The summed E-state index contributed by atoms with van der Waals surface area (Å²) in [6, 6.07) is 12.5. The van der Waals surface area contributed by atoms with E-state index in [1.807, 2.05) is 50.6 Å². The summed E-state index contributed by atoms with van der Waals surface area (Å²) in [5, 5.41) is 11.7. The molecule has 3 aromatic rings. The summed E-state index contributed by atoms with van der Waals surface area (Å²) in [6.07, 6.45) is -0.316. The molecule has 2 amide bonds. The van der Waals surface area contributed by atoms with Crippen molar-refractivity contribution < 1.29 is 14.3 Å². The molecule has 0 aliphatic carbocycles. The molecule has 3 rings (SSSR count). The van der Waals surface area contributed by atoms with E-state index in [9.17, 15) is 9.59 Å². The zero-order valence-corrected chi connectivity index (χ0v) is 18.7. The number of carbonyl (C=O) groups excluding carboxylic acids is 2. The average molecular weight is 440 g/mol. The first-order chi connectivity index (χ1) is 14.8. The predicted octanol–water partition coefficient (Wildman–Crippen LogP) is 3.40. The fraction of sp³-hybridized carbons (Fsp3) is 0.273. The summed E-state index contributed by atoms with van der Waals surface area (Å²) < 4.78 is 7.90. The van der Waals surface area contributed by atoms with Gasteiger partial charge in [-0.3, -0.25) is 9.59 Å². The number of nitrogens with two attached hydrogens (primary N) is 1. The zero-order chi connectivity index (χ0) is 22.5. The molecule has 2 aromatic carbocycles. The summed E-state index contributed by atoms with van der Waals surface area (Å²) in [7, 11) is 1.83. The van der Waals surface area contributed by atoms with Gasteiger partial charge >= 0.3 is 0 Å². The van der Waals surface area contributed by atoms with Gasteiger partial charge in [-0.15, -0.1) is 10.2 Å². The van der Waals surface area contributed by atoms with Gasteiger partial charge in [0.1, 0.15) is 5.75 Å². The Labute approximate surface area is 185 Å². The Morgan fingerprint density at radius 2 is 1.90 bits per heavy atom. The number of primary amides is 1. The number of hydrogen-bond acceptors (Lipinski definition) is 6. The van der Waals surface area contributed by atoms with E-state index < -0.39 is 5.91 Å². The average Bonchev–Trinajstić information content (AvgIpc) is 3.10. The van der Waals surface area contributed by atoms with E-state index in [0.29, 0.717) is 16.7 Å². The lowest BCUT2D eigenvalue weighted by Gasteiger charge is -2.17. The molecule has 0 bridgehead atoms. The fourth-order valence-corrected chi connectivity index (χ4v) is 3.74. The molecule has 0 fully saturated rings. The Morgan fingerprint density at radius 1 is 1.16 bits per heavy atom. The third-order valence-electron chi connectivity index (χ3n) is 4.89. The van der Waals surface area contributed by atoms with Crippen molar-refractivity contribution >= 4 is 29.3 Å². The SMILES string of the molecule is Cc1cccc(OC(C)c2nnc(SCC(=O)Nc3ccccc3C(N)=O)n2C)c1C. The van der Waals surface area contributed by atoms with Crippen LogP contribution in [-0.4, -0.2) is 32.3 Å². The molecule has 9 heteroatoms. The first kappa shape index (κ1) is 22.4. The Balaban J connectivity index is 1.63. The molecule has 0 saturated heterocycles. The van der Waals surface area contributed by atoms with E-state index in [1.54, 1.807) is 24.3 Å². The van der Waals surface area contributed by atoms with E-state index in [4.69, 9.17) is 10.5 Å². The number of anilines is 1. The topological polar surface area (TPSA) is 112 Å². The molecule has 0 aliphatic rings. The summed E-state index contributed by atoms with van der Waals surface area (Å²) in [5.41, 5.74) is 8.24. The van der Waals surface area contributed by atoms with Gasteiger partial charge in [-0.05, 0) is 50.1 Å². The highest BCUT2D eigenvalue weighted by atomic mass is 32.2. The van der Waals surface area contributed by atoms with Crippen molar-refractivity contribution in [3.63, 3.8) is 0 Å². The van der Waals surface area contributed by atoms with Crippen molar-refractivity contribution in [1.29, 1.82) is 0 Å². The molecule has 1 atom stereocenters. The monoisotopic (exact) mass is 439 g/mol. The number of para-hydroxylation sites is 1. The van der Waals surface area contributed by atoms with Crippen LogP contribution in [0.5, 0.6) is 5.75 Å². The molecule has 8 nitrogen and oxygen atoms in total. The molecule has 1 unspecified atom stereocenters. The van der Waals surface area contributed by atoms with Crippen molar-refractivity contribution in [3.05, 3.63) is 65.0 Å². The van der Waals surface area contributed by atoms with E-state index >= 15 is 0 Å². The van der Waals surface area contributed by atoms with Crippen LogP contribution >= 0.6 is 11.8 Å². The lowest BCUT2D eigenvalue weighted by molar-refractivity contribution is -0.113. The standard InChI is InChI=1S/C22H25N5O3S/c1-13-8-7-11-18(14(13)2)30-15(3)21-25-26-22(27(21)4)31-12-19(28)24-17-10-6-5-9-16(17)20(23)29/h5-11,15H,12H2,1-4H3,(H2,23,29)(H,24,28). The maximum Gasteiger partial charge on any atom is 0.250 e. The molecule has 31 heavy (non-hydrogen) atoms. The summed E-state index contributed by atoms with van der Waals surface area (Å²) >= 11 is 1.24. The molecule has 0 saturated carbocycles. The van der Waals surface area contributed by atoms with Crippen LogP contribution in [0.4, 0.5) is 5.69 Å². The van der Waals surface area contributed by atoms with Crippen molar-refractivity contribution in [1.82, 2.24) is 14.8 Å². The van der Waals surface area contributed by atoms with Crippen LogP contribution in [0.15, 0.2) is 47.6 Å². The number of nitrogens with zero attached hydrogens (tertiary/aromatic N) is 3. The molecule has 1 heterocycles. The first-order valence-electron chi connectivity index (χ1n) is 9.71. The fourth-order valence-electron chi connectivity index (χ4n) is 3.02. The van der Waals surface area contributed by atoms with Gasteiger partial charge in [0.15, 0.2) is 17.1 Å². The van der Waals surface area contributed by atoms with Gasteiger partial charge < -0.3 is 20.4 Å². The van der Waals surface area contributed by atoms with Crippen molar-refractivity contribution in [2.24, 2.45) is 12.8 Å². The third-order valence-corrected chi connectivity index (χ3v) is 5.91. The number of aromatic nitrogens is 3. The molecule has 0 radical (unpaired) electrons. The number of nitrogens with one attached hydrogen (secondary N) is 1. The molecular formula is C22H25N5O3S. The predicted molar refractivity (Wildman–Crippen MR) is 120 cm³/mol. The molecule has 3 N–H and O–H groups in total. The molecule has 0 spiro atoms. The molecule has 1 aromatic heterocycles. The number of hydrogen-bond donors (Lipinski definition) is 2. The zero-order valence-electron chi connectivity index (χ0n) is 17.9. The first-order valence-corrected chi connectivity index (χ1v) is 10.7. The minimum absolute atomic E-state index is 0.102. The highest BCUT2D eigenvalue weighted by molar-refractivity contribution is 7.99. The Hall–Kier alpha value is -3.33. The Kier molecular flexibility index (Phi) is 6.96. The normalized spacial score (nSPS) is 11.7. The van der Waals surface area contributed by atoms with Crippen molar-refractivity contribution in [2.75, 3.05) is 11.1 Å². The van der Waals surface area contributed by atoms with Gasteiger partial charge in [0.25, 0.3) is 5.91 Å². The number of benzene rings is 2. The van der Waals surface area contributed by atoms with Crippen molar-refractivity contribution in [3.8, 4) is 5.75 Å². The number of thioether (sulfide) groups is 1. The second kappa shape index (κ2) is 9.65. The third kappa shape index (κ3) is 5.24. The summed E-state index contributed by atoms with van der Waals surface area (Å²) in [5.74, 6) is 0.688. The lowest BCUT2D eigenvalue weighted by Crippen LogP contribution is -2.19. The van der Waals surface area contributed by atoms with Crippen LogP contribution in [0.25, 0.3) is 0 Å². The Bertz CT molecular complexity index is 1110. The van der Waals surface area contributed by atoms with Gasteiger partial charge in [-0.1, -0.05) is 36.0 Å². The van der Waals surface area contributed by atoms with E-state index in [2.05, 4.69) is 15.5 Å².